The Morgan fingerprint density at radius 3 is 2.62 bits per heavy atom. The molecule has 1 aromatic heterocycles. The topological polar surface area (TPSA) is 67.2 Å². The van der Waals surface area contributed by atoms with Gasteiger partial charge in [0.1, 0.15) is 0 Å². The van der Waals surface area contributed by atoms with Crippen molar-refractivity contribution in [2.75, 3.05) is 6.54 Å². The number of aryl methyl sites for hydroxylation is 2. The third-order valence-corrected chi connectivity index (χ3v) is 5.39. The van der Waals surface area contributed by atoms with Gasteiger partial charge in [0.2, 0.25) is 11.8 Å². The first-order valence-corrected chi connectivity index (χ1v) is 9.21. The van der Waals surface area contributed by atoms with E-state index in [9.17, 15) is 9.59 Å². The van der Waals surface area contributed by atoms with Gasteiger partial charge < -0.3 is 10.2 Å². The number of benzene rings is 1. The Hall–Kier alpha value is -2.63. The predicted molar refractivity (Wildman–Crippen MR) is 97.4 cm³/mol. The lowest BCUT2D eigenvalue weighted by Crippen LogP contribution is -2.41. The van der Waals surface area contributed by atoms with Crippen LogP contribution in [0, 0.1) is 0 Å². The average molecular weight is 352 g/mol. The van der Waals surface area contributed by atoms with Gasteiger partial charge in [-0.1, -0.05) is 24.3 Å². The summed E-state index contributed by atoms with van der Waals surface area (Å²) in [7, 11) is 1.86. The van der Waals surface area contributed by atoms with E-state index in [1.54, 1.807) is 10.9 Å². The normalized spacial score (nSPS) is 19.8. The molecule has 1 saturated heterocycles. The first-order chi connectivity index (χ1) is 12.6. The molecule has 6 nitrogen and oxygen atoms in total. The zero-order valence-corrected chi connectivity index (χ0v) is 15.0. The number of fused-ring (bicyclic) bond motifs is 1. The van der Waals surface area contributed by atoms with Gasteiger partial charge in [0.15, 0.2) is 0 Å². The second-order valence-corrected chi connectivity index (χ2v) is 7.37. The Bertz CT molecular complexity index is 804. The van der Waals surface area contributed by atoms with Crippen LogP contribution in [0.2, 0.25) is 0 Å². The number of hydrogen-bond acceptors (Lipinski definition) is 3. The summed E-state index contributed by atoms with van der Waals surface area (Å²) in [4.78, 5) is 26.6. The molecule has 0 spiro atoms. The second kappa shape index (κ2) is 6.94. The van der Waals surface area contributed by atoms with Gasteiger partial charge in [-0.15, -0.1) is 0 Å². The molecule has 0 saturated carbocycles. The lowest BCUT2D eigenvalue weighted by atomic mass is 10.1. The van der Waals surface area contributed by atoms with Crippen LogP contribution in [0.15, 0.2) is 36.7 Å². The fourth-order valence-corrected chi connectivity index (χ4v) is 4.10. The van der Waals surface area contributed by atoms with Crippen LogP contribution < -0.4 is 5.32 Å². The molecule has 2 heterocycles. The van der Waals surface area contributed by atoms with Gasteiger partial charge in [0, 0.05) is 38.7 Å². The number of rotatable bonds is 5. The number of aromatic nitrogens is 2. The molecule has 0 radical (unpaired) electrons. The van der Waals surface area contributed by atoms with Crippen molar-refractivity contribution in [1.29, 1.82) is 0 Å². The minimum Gasteiger partial charge on any atom is -0.351 e. The molecule has 136 valence electrons. The van der Waals surface area contributed by atoms with E-state index in [1.807, 2.05) is 18.1 Å². The smallest absolute Gasteiger partial charge is 0.225 e. The van der Waals surface area contributed by atoms with Crippen LogP contribution in [-0.2, 0) is 35.9 Å². The van der Waals surface area contributed by atoms with Crippen LogP contribution in [0.25, 0.3) is 0 Å². The van der Waals surface area contributed by atoms with E-state index >= 15 is 0 Å². The van der Waals surface area contributed by atoms with Crippen LogP contribution >= 0.6 is 0 Å². The van der Waals surface area contributed by atoms with Gasteiger partial charge in [-0.3, -0.25) is 14.3 Å². The van der Waals surface area contributed by atoms with E-state index in [0.717, 1.165) is 18.4 Å². The zero-order chi connectivity index (χ0) is 18.1. The molecule has 26 heavy (non-hydrogen) atoms. The molecule has 1 fully saturated rings. The summed E-state index contributed by atoms with van der Waals surface area (Å²) in [6.07, 6.45) is 7.05. The van der Waals surface area contributed by atoms with Crippen molar-refractivity contribution < 1.29 is 9.59 Å². The number of nitrogens with one attached hydrogen (secondary N) is 1. The number of nitrogens with zero attached hydrogens (tertiary/aromatic N) is 3. The summed E-state index contributed by atoms with van der Waals surface area (Å²) in [5.74, 6) is 0.156. The van der Waals surface area contributed by atoms with E-state index in [1.165, 1.54) is 11.1 Å². The number of hydrogen-bond donors (Lipinski definition) is 1. The lowest BCUT2D eigenvalue weighted by molar-refractivity contribution is -0.129. The molecule has 2 aliphatic rings. The fraction of sp³-hybridized carbons (Fsp3) is 0.450. The largest absolute Gasteiger partial charge is 0.351 e. The number of amides is 2. The number of likely N-dealkylation sites (tertiary alicyclic amines) is 1. The molecule has 1 aliphatic carbocycles. The molecule has 1 aromatic carbocycles. The highest BCUT2D eigenvalue weighted by atomic mass is 16.2. The second-order valence-electron chi connectivity index (χ2n) is 7.37. The molecule has 1 atom stereocenters. The molecule has 4 rings (SSSR count). The summed E-state index contributed by atoms with van der Waals surface area (Å²) in [6, 6.07) is 8.56. The van der Waals surface area contributed by atoms with Crippen molar-refractivity contribution in [2.45, 2.75) is 44.2 Å². The van der Waals surface area contributed by atoms with Gasteiger partial charge in [-0.25, -0.2) is 0 Å². The molecule has 1 N–H and O–H groups in total. The molecule has 1 aliphatic heterocycles. The van der Waals surface area contributed by atoms with Crippen LogP contribution in [0.5, 0.6) is 0 Å². The highest BCUT2D eigenvalue weighted by Gasteiger charge is 2.37. The Kier molecular flexibility index (Phi) is 4.49. The Morgan fingerprint density at radius 2 is 1.96 bits per heavy atom. The summed E-state index contributed by atoms with van der Waals surface area (Å²) in [6.45, 7) is 0.621. The first-order valence-electron chi connectivity index (χ1n) is 9.21. The standard InChI is InChI=1S/C20H24N4O2/c1-23-12-14(11-21-23)6-7-19(25)22-17-10-20(26)24(13-17)18-8-15-4-2-3-5-16(15)9-18/h2-5,11-12,17-18H,6-10,13H2,1H3,(H,22,25). The molecule has 2 amide bonds. The molecular formula is C20H24N4O2. The zero-order valence-electron chi connectivity index (χ0n) is 15.0. The minimum atomic E-state index is -0.0763. The first kappa shape index (κ1) is 16.8. The molecule has 0 bridgehead atoms. The summed E-state index contributed by atoms with van der Waals surface area (Å²) in [5, 5.41) is 7.14. The fourth-order valence-electron chi connectivity index (χ4n) is 4.10. The highest BCUT2D eigenvalue weighted by Crippen LogP contribution is 2.28. The Morgan fingerprint density at radius 1 is 1.23 bits per heavy atom. The third kappa shape index (κ3) is 3.49. The van der Waals surface area contributed by atoms with Crippen LogP contribution in [0.1, 0.15) is 29.5 Å². The van der Waals surface area contributed by atoms with Crippen LogP contribution in [0.4, 0.5) is 0 Å². The lowest BCUT2D eigenvalue weighted by Gasteiger charge is -2.24. The molecule has 2 aromatic rings. The van der Waals surface area contributed by atoms with Gasteiger partial charge >= 0.3 is 0 Å². The van der Waals surface area contributed by atoms with E-state index in [-0.39, 0.29) is 23.9 Å². The Balaban J connectivity index is 1.29. The van der Waals surface area contributed by atoms with Crippen molar-refractivity contribution in [2.24, 2.45) is 7.05 Å². The van der Waals surface area contributed by atoms with Crippen molar-refractivity contribution in [3.05, 3.63) is 53.3 Å². The van der Waals surface area contributed by atoms with Crippen molar-refractivity contribution in [3.63, 3.8) is 0 Å². The summed E-state index contributed by atoms with van der Waals surface area (Å²) in [5.41, 5.74) is 3.74. The number of carbonyl (C=O) groups is 2. The highest BCUT2D eigenvalue weighted by molar-refractivity contribution is 5.82. The van der Waals surface area contributed by atoms with E-state index < -0.39 is 0 Å². The van der Waals surface area contributed by atoms with Crippen molar-refractivity contribution in [1.82, 2.24) is 20.0 Å². The Labute approximate surface area is 153 Å². The number of carbonyl (C=O) groups excluding carboxylic acids is 2. The molecule has 1 unspecified atom stereocenters. The minimum absolute atomic E-state index is 0.00297. The van der Waals surface area contributed by atoms with Gasteiger partial charge in [0.25, 0.3) is 0 Å². The maximum atomic E-state index is 12.4. The van der Waals surface area contributed by atoms with Gasteiger partial charge in [0.05, 0.1) is 12.2 Å². The van der Waals surface area contributed by atoms with E-state index in [0.29, 0.717) is 25.8 Å². The van der Waals surface area contributed by atoms with Crippen molar-refractivity contribution in [3.8, 4) is 0 Å². The monoisotopic (exact) mass is 352 g/mol. The van der Waals surface area contributed by atoms with E-state index in [4.69, 9.17) is 0 Å². The molecular weight excluding hydrogens is 328 g/mol. The van der Waals surface area contributed by atoms with Crippen molar-refractivity contribution >= 4 is 11.8 Å². The van der Waals surface area contributed by atoms with Gasteiger partial charge in [-0.05, 0) is 36.0 Å². The maximum Gasteiger partial charge on any atom is 0.225 e. The average Bonchev–Trinajstić information content (AvgIpc) is 3.31. The molecule has 6 heteroatoms. The quantitative estimate of drug-likeness (QED) is 0.880. The maximum absolute atomic E-state index is 12.4. The van der Waals surface area contributed by atoms with Crippen LogP contribution in [-0.4, -0.2) is 45.1 Å². The third-order valence-electron chi connectivity index (χ3n) is 5.39. The summed E-state index contributed by atoms with van der Waals surface area (Å²) >= 11 is 0. The van der Waals surface area contributed by atoms with E-state index in [2.05, 4.69) is 34.7 Å². The SMILES string of the molecule is Cn1cc(CCC(=O)NC2CC(=O)N(C3Cc4ccccc4C3)C2)cn1. The van der Waals surface area contributed by atoms with Crippen LogP contribution in [0.3, 0.4) is 0 Å². The predicted octanol–water partition coefficient (Wildman–Crippen LogP) is 1.24. The summed E-state index contributed by atoms with van der Waals surface area (Å²) < 4.78 is 1.74. The van der Waals surface area contributed by atoms with Gasteiger partial charge in [-0.2, -0.15) is 5.10 Å².